The van der Waals surface area contributed by atoms with E-state index in [1.165, 1.54) is 37.6 Å². The van der Waals surface area contributed by atoms with Crippen LogP contribution < -0.4 is 11.2 Å². The molecule has 0 bridgehead atoms. The van der Waals surface area contributed by atoms with Crippen LogP contribution in [-0.4, -0.2) is 51.7 Å². The zero-order valence-electron chi connectivity index (χ0n) is 12.9. The summed E-state index contributed by atoms with van der Waals surface area (Å²) >= 11 is 0. The molecule has 1 aromatic heterocycles. The van der Waals surface area contributed by atoms with Crippen molar-refractivity contribution in [3.63, 3.8) is 0 Å². The minimum absolute atomic E-state index is 0.114. The number of allylic oxidation sites excluding steroid dienone is 2. The maximum absolute atomic E-state index is 11.9. The maximum atomic E-state index is 11.9. The highest BCUT2D eigenvalue weighted by molar-refractivity contribution is 5.82. The van der Waals surface area contributed by atoms with Gasteiger partial charge in [-0.25, -0.2) is 9.59 Å². The summed E-state index contributed by atoms with van der Waals surface area (Å²) in [5.41, 5.74) is -1.12. The number of aliphatic hydroxyl groups is 2. The first-order valence-corrected chi connectivity index (χ1v) is 7.18. The van der Waals surface area contributed by atoms with Crippen molar-refractivity contribution >= 4 is 12.0 Å². The normalized spacial score (nSPS) is 24.0. The fraction of sp³-hybridized carbons (Fsp3) is 0.400. The van der Waals surface area contributed by atoms with Crippen molar-refractivity contribution in [3.05, 3.63) is 50.8 Å². The van der Waals surface area contributed by atoms with E-state index in [2.05, 4.69) is 9.72 Å². The van der Waals surface area contributed by atoms with E-state index >= 15 is 0 Å². The summed E-state index contributed by atoms with van der Waals surface area (Å²) < 4.78 is 11.0. The van der Waals surface area contributed by atoms with Crippen molar-refractivity contribution in [3.8, 4) is 0 Å². The summed E-state index contributed by atoms with van der Waals surface area (Å²) in [7, 11) is 1.24. The van der Waals surface area contributed by atoms with Crippen LogP contribution in [0.1, 0.15) is 18.2 Å². The van der Waals surface area contributed by atoms with E-state index in [-0.39, 0.29) is 18.6 Å². The summed E-state index contributed by atoms with van der Waals surface area (Å²) in [5.74, 6) is -0.540. The lowest BCUT2D eigenvalue weighted by Crippen LogP contribution is -2.33. The molecular formula is C15H18N2O7. The van der Waals surface area contributed by atoms with E-state index in [0.29, 0.717) is 0 Å². The Hall–Kier alpha value is -2.49. The third-order valence-corrected chi connectivity index (χ3v) is 3.51. The number of H-pyrrole nitrogens is 1. The average molecular weight is 338 g/mol. The number of aromatic amines is 1. The first-order chi connectivity index (χ1) is 11.5. The molecule has 0 unspecified atom stereocenters. The SMILES string of the molecule is COC(=O)C=CC=Cc1cn([C@H]2C[C@H](O)[C@@H](CO)O2)c(=O)[nH]c1=O. The highest BCUT2D eigenvalue weighted by Crippen LogP contribution is 2.27. The molecule has 24 heavy (non-hydrogen) atoms. The van der Waals surface area contributed by atoms with Crippen molar-refractivity contribution in [1.29, 1.82) is 0 Å². The summed E-state index contributed by atoms with van der Waals surface area (Å²) in [5, 5.41) is 18.8. The number of hydrogen-bond acceptors (Lipinski definition) is 7. The fourth-order valence-electron chi connectivity index (χ4n) is 2.25. The second kappa shape index (κ2) is 7.86. The lowest BCUT2D eigenvalue weighted by molar-refractivity contribution is -0.134. The fourth-order valence-corrected chi connectivity index (χ4v) is 2.25. The molecular weight excluding hydrogens is 320 g/mol. The Morgan fingerprint density at radius 1 is 1.50 bits per heavy atom. The van der Waals surface area contributed by atoms with Crippen molar-refractivity contribution < 1.29 is 24.5 Å². The molecule has 0 radical (unpaired) electrons. The number of nitrogens with one attached hydrogen (secondary N) is 1. The van der Waals surface area contributed by atoms with Gasteiger partial charge in [-0.2, -0.15) is 0 Å². The summed E-state index contributed by atoms with van der Waals surface area (Å²) in [6.45, 7) is -0.374. The van der Waals surface area contributed by atoms with Crippen LogP contribution in [0.15, 0.2) is 34.0 Å². The largest absolute Gasteiger partial charge is 0.466 e. The minimum atomic E-state index is -0.902. The van der Waals surface area contributed by atoms with Crippen LogP contribution in [0.25, 0.3) is 6.08 Å². The predicted molar refractivity (Wildman–Crippen MR) is 83.1 cm³/mol. The third kappa shape index (κ3) is 4.07. The van der Waals surface area contributed by atoms with Crippen molar-refractivity contribution in [1.82, 2.24) is 9.55 Å². The number of carbonyl (C=O) groups excluding carboxylic acids is 1. The van der Waals surface area contributed by atoms with Gasteiger partial charge in [0.05, 0.1) is 25.4 Å². The minimum Gasteiger partial charge on any atom is -0.466 e. The highest BCUT2D eigenvalue weighted by atomic mass is 16.5. The van der Waals surface area contributed by atoms with Crippen LogP contribution in [0.2, 0.25) is 0 Å². The second-order valence-electron chi connectivity index (χ2n) is 5.11. The van der Waals surface area contributed by atoms with Crippen molar-refractivity contribution in [2.24, 2.45) is 0 Å². The van der Waals surface area contributed by atoms with Crippen LogP contribution in [0.3, 0.4) is 0 Å². The van der Waals surface area contributed by atoms with E-state index in [0.717, 1.165) is 4.57 Å². The standard InChI is InChI=1S/C15H18N2O7/c1-23-13(20)5-3-2-4-9-7-17(15(22)16-14(9)21)12-6-10(19)11(8-18)24-12/h2-5,7,10-12,18-19H,6,8H2,1H3,(H,16,21,22)/t10-,11+,12+/m0/s1. The number of methoxy groups -OCH3 is 1. The molecule has 1 fully saturated rings. The van der Waals surface area contributed by atoms with Gasteiger partial charge >= 0.3 is 11.7 Å². The molecule has 1 aliphatic rings. The first-order valence-electron chi connectivity index (χ1n) is 7.18. The second-order valence-corrected chi connectivity index (χ2v) is 5.11. The van der Waals surface area contributed by atoms with Gasteiger partial charge in [0.15, 0.2) is 0 Å². The van der Waals surface area contributed by atoms with Crippen molar-refractivity contribution in [2.75, 3.05) is 13.7 Å². The number of esters is 1. The molecule has 0 saturated carbocycles. The van der Waals surface area contributed by atoms with Crippen molar-refractivity contribution in [2.45, 2.75) is 24.9 Å². The van der Waals surface area contributed by atoms with Gasteiger partial charge in [0.1, 0.15) is 12.3 Å². The zero-order valence-corrected chi connectivity index (χ0v) is 12.9. The zero-order chi connectivity index (χ0) is 17.7. The van der Waals surface area contributed by atoms with E-state index in [4.69, 9.17) is 9.84 Å². The monoisotopic (exact) mass is 338 g/mol. The van der Waals surface area contributed by atoms with Crippen LogP contribution in [0.5, 0.6) is 0 Å². The molecule has 0 spiro atoms. The molecule has 130 valence electrons. The molecule has 1 aliphatic heterocycles. The highest BCUT2D eigenvalue weighted by Gasteiger charge is 2.35. The van der Waals surface area contributed by atoms with E-state index in [1.807, 2.05) is 0 Å². The molecule has 9 nitrogen and oxygen atoms in total. The number of hydrogen-bond donors (Lipinski definition) is 3. The Morgan fingerprint density at radius 3 is 2.88 bits per heavy atom. The Bertz CT molecular complexity index is 762. The number of rotatable bonds is 5. The summed E-state index contributed by atoms with van der Waals surface area (Å²) in [6.07, 6.45) is 4.33. The van der Waals surface area contributed by atoms with Gasteiger partial charge in [-0.3, -0.25) is 14.3 Å². The molecule has 1 aromatic rings. The van der Waals surface area contributed by atoms with E-state index in [9.17, 15) is 19.5 Å². The van der Waals surface area contributed by atoms with Crippen LogP contribution >= 0.6 is 0 Å². The van der Waals surface area contributed by atoms with Crippen LogP contribution in [0, 0.1) is 0 Å². The molecule has 3 atom stereocenters. The first kappa shape index (κ1) is 17.9. The van der Waals surface area contributed by atoms with Crippen LogP contribution in [-0.2, 0) is 14.3 Å². The molecule has 0 aromatic carbocycles. The molecule has 2 heterocycles. The number of carbonyl (C=O) groups is 1. The smallest absolute Gasteiger partial charge is 0.330 e. The predicted octanol–water partition coefficient (Wildman–Crippen LogP) is -1.08. The number of nitrogens with zero attached hydrogens (tertiary/aromatic N) is 1. The van der Waals surface area contributed by atoms with E-state index < -0.39 is 35.7 Å². The molecule has 9 heteroatoms. The third-order valence-electron chi connectivity index (χ3n) is 3.51. The van der Waals surface area contributed by atoms with Gasteiger partial charge in [-0.1, -0.05) is 12.2 Å². The average Bonchev–Trinajstić information content (AvgIpc) is 2.93. The molecule has 3 N–H and O–H groups in total. The Labute approximate surface area is 136 Å². The van der Waals surface area contributed by atoms with Gasteiger partial charge < -0.3 is 19.7 Å². The quantitative estimate of drug-likeness (QED) is 0.353. The number of ether oxygens (including phenoxy) is 2. The van der Waals surface area contributed by atoms with Crippen LogP contribution in [0.4, 0.5) is 0 Å². The number of aromatic nitrogens is 2. The lowest BCUT2D eigenvalue weighted by atomic mass is 10.2. The topological polar surface area (TPSA) is 131 Å². The molecule has 0 aliphatic carbocycles. The maximum Gasteiger partial charge on any atom is 0.330 e. The van der Waals surface area contributed by atoms with Gasteiger partial charge in [0.25, 0.3) is 5.56 Å². The van der Waals surface area contributed by atoms with Gasteiger partial charge in [-0.05, 0) is 6.08 Å². The van der Waals surface area contributed by atoms with Gasteiger partial charge in [0, 0.05) is 18.7 Å². The molecule has 0 amide bonds. The molecule has 2 rings (SSSR count). The molecule has 1 saturated heterocycles. The Morgan fingerprint density at radius 2 is 2.25 bits per heavy atom. The van der Waals surface area contributed by atoms with E-state index in [1.54, 1.807) is 0 Å². The summed E-state index contributed by atoms with van der Waals surface area (Å²) in [4.78, 5) is 36.8. The lowest BCUT2D eigenvalue weighted by Gasteiger charge is -2.14. The van der Waals surface area contributed by atoms with Gasteiger partial charge in [0.2, 0.25) is 0 Å². The summed E-state index contributed by atoms with van der Waals surface area (Å²) in [6, 6.07) is 0. The Kier molecular flexibility index (Phi) is 5.85. The number of aliphatic hydroxyl groups excluding tert-OH is 2. The Balaban J connectivity index is 2.24. The van der Waals surface area contributed by atoms with Gasteiger partial charge in [-0.15, -0.1) is 0 Å².